The van der Waals surface area contributed by atoms with Crippen LogP contribution in [0.15, 0.2) is 30.3 Å². The van der Waals surface area contributed by atoms with Crippen molar-refractivity contribution in [2.45, 2.75) is 18.9 Å². The monoisotopic (exact) mass is 272 g/mol. The lowest BCUT2D eigenvalue weighted by molar-refractivity contribution is -0.123. The van der Waals surface area contributed by atoms with Gasteiger partial charge in [0.15, 0.2) is 0 Å². The second kappa shape index (κ2) is 8.55. The highest BCUT2D eigenvalue weighted by Gasteiger charge is 2.12. The Morgan fingerprint density at radius 2 is 2.00 bits per heavy atom. The first-order chi connectivity index (χ1) is 9.13. The lowest BCUT2D eigenvalue weighted by atomic mass is 10.1. The third-order valence-electron chi connectivity index (χ3n) is 2.49. The Morgan fingerprint density at radius 1 is 1.32 bits per heavy atom. The summed E-state index contributed by atoms with van der Waals surface area (Å²) in [6.07, 6.45) is -2.47. The van der Waals surface area contributed by atoms with Gasteiger partial charge in [-0.2, -0.15) is 0 Å². The van der Waals surface area contributed by atoms with E-state index in [0.29, 0.717) is 0 Å². The molecule has 6 heteroatoms. The first kappa shape index (κ1) is 15.5. The summed E-state index contributed by atoms with van der Waals surface area (Å²) in [6, 6.07) is 9.04. The summed E-state index contributed by atoms with van der Waals surface area (Å²) in [5, 5.41) is 2.74. The first-order valence-corrected chi connectivity index (χ1v) is 6.03. The fraction of sp³-hybridized carbons (Fsp3) is 0.462. The molecule has 1 rings (SSSR count). The molecule has 0 saturated carbocycles. The van der Waals surface area contributed by atoms with E-state index in [1.165, 1.54) is 0 Å². The molecule has 0 heterocycles. The van der Waals surface area contributed by atoms with Gasteiger partial charge in [-0.25, -0.2) is 8.78 Å². The fourth-order valence-electron chi connectivity index (χ4n) is 1.57. The molecule has 1 aromatic carbocycles. The number of nitrogens with one attached hydrogen (secondary N) is 1. The van der Waals surface area contributed by atoms with Crippen molar-refractivity contribution in [3.05, 3.63) is 35.9 Å². The molecule has 4 nitrogen and oxygen atoms in total. The maximum Gasteiger partial charge on any atom is 0.261 e. The molecule has 0 fully saturated rings. The van der Waals surface area contributed by atoms with Crippen molar-refractivity contribution < 1.29 is 18.3 Å². The van der Waals surface area contributed by atoms with Gasteiger partial charge < -0.3 is 15.8 Å². The third-order valence-corrected chi connectivity index (χ3v) is 2.49. The van der Waals surface area contributed by atoms with Crippen LogP contribution in [0.5, 0.6) is 0 Å². The van der Waals surface area contributed by atoms with Crippen LogP contribution in [-0.2, 0) is 9.53 Å². The number of halogens is 2. The third kappa shape index (κ3) is 6.26. The SMILES string of the molecule is NCC(NC(=O)CCOCC(F)F)c1ccccc1. The van der Waals surface area contributed by atoms with Gasteiger partial charge in [-0.15, -0.1) is 0 Å². The van der Waals surface area contributed by atoms with E-state index in [0.717, 1.165) is 5.56 Å². The molecule has 0 aliphatic rings. The number of rotatable bonds is 8. The summed E-state index contributed by atoms with van der Waals surface area (Å²) in [5.41, 5.74) is 6.51. The van der Waals surface area contributed by atoms with E-state index >= 15 is 0 Å². The summed E-state index contributed by atoms with van der Waals surface area (Å²) in [5.74, 6) is -0.270. The second-order valence-corrected chi connectivity index (χ2v) is 3.98. The van der Waals surface area contributed by atoms with Crippen molar-refractivity contribution >= 4 is 5.91 Å². The van der Waals surface area contributed by atoms with Crippen molar-refractivity contribution in [2.75, 3.05) is 19.8 Å². The number of amides is 1. The van der Waals surface area contributed by atoms with E-state index in [2.05, 4.69) is 10.1 Å². The zero-order valence-electron chi connectivity index (χ0n) is 10.5. The number of hydrogen-bond donors (Lipinski definition) is 2. The summed E-state index contributed by atoms with van der Waals surface area (Å²) in [7, 11) is 0. The molecule has 19 heavy (non-hydrogen) atoms. The van der Waals surface area contributed by atoms with E-state index < -0.39 is 13.0 Å². The molecule has 0 spiro atoms. The lowest BCUT2D eigenvalue weighted by Crippen LogP contribution is -2.33. The molecule has 1 aromatic rings. The van der Waals surface area contributed by atoms with Crippen LogP contribution in [0.25, 0.3) is 0 Å². The molecule has 0 aliphatic heterocycles. The van der Waals surface area contributed by atoms with E-state index in [9.17, 15) is 13.6 Å². The maximum absolute atomic E-state index is 11.8. The molecule has 1 atom stereocenters. The van der Waals surface area contributed by atoms with Crippen LogP contribution in [-0.4, -0.2) is 32.1 Å². The van der Waals surface area contributed by atoms with Crippen molar-refractivity contribution in [2.24, 2.45) is 5.73 Å². The fourth-order valence-corrected chi connectivity index (χ4v) is 1.57. The topological polar surface area (TPSA) is 64.3 Å². The summed E-state index contributed by atoms with van der Waals surface area (Å²) in [4.78, 5) is 11.6. The average molecular weight is 272 g/mol. The molecule has 0 saturated heterocycles. The van der Waals surface area contributed by atoms with Gasteiger partial charge in [-0.1, -0.05) is 30.3 Å². The van der Waals surface area contributed by atoms with Crippen LogP contribution in [0, 0.1) is 0 Å². The zero-order valence-corrected chi connectivity index (χ0v) is 10.5. The van der Waals surface area contributed by atoms with Gasteiger partial charge in [-0.05, 0) is 5.56 Å². The van der Waals surface area contributed by atoms with E-state index in [1.54, 1.807) is 0 Å². The number of ether oxygens (including phenoxy) is 1. The van der Waals surface area contributed by atoms with Gasteiger partial charge in [0.2, 0.25) is 5.91 Å². The van der Waals surface area contributed by atoms with E-state index in [4.69, 9.17) is 5.73 Å². The highest BCUT2D eigenvalue weighted by atomic mass is 19.3. The molecule has 0 aromatic heterocycles. The van der Waals surface area contributed by atoms with E-state index in [-0.39, 0.29) is 31.5 Å². The van der Waals surface area contributed by atoms with Crippen LogP contribution < -0.4 is 11.1 Å². The Labute approximate surface area is 110 Å². The van der Waals surface area contributed by atoms with Crippen LogP contribution in [0.3, 0.4) is 0 Å². The Hall–Kier alpha value is -1.53. The Balaban J connectivity index is 2.33. The summed E-state index contributed by atoms with van der Waals surface area (Å²) < 4.78 is 28.3. The number of carbonyl (C=O) groups is 1. The molecule has 1 unspecified atom stereocenters. The first-order valence-electron chi connectivity index (χ1n) is 6.03. The summed E-state index contributed by atoms with van der Waals surface area (Å²) in [6.45, 7) is -0.401. The number of carbonyl (C=O) groups excluding carboxylic acids is 1. The van der Waals surface area contributed by atoms with Crippen molar-refractivity contribution in [1.29, 1.82) is 0 Å². The molecule has 106 valence electrons. The van der Waals surface area contributed by atoms with E-state index in [1.807, 2.05) is 30.3 Å². The van der Waals surface area contributed by atoms with Crippen molar-refractivity contribution in [3.8, 4) is 0 Å². The van der Waals surface area contributed by atoms with Gasteiger partial charge in [0.1, 0.15) is 6.61 Å². The van der Waals surface area contributed by atoms with Crippen LogP contribution >= 0.6 is 0 Å². The normalized spacial score (nSPS) is 12.4. The van der Waals surface area contributed by atoms with Gasteiger partial charge in [-0.3, -0.25) is 4.79 Å². The number of alkyl halides is 2. The molecule has 0 bridgehead atoms. The maximum atomic E-state index is 11.8. The van der Waals surface area contributed by atoms with Crippen LogP contribution in [0.1, 0.15) is 18.0 Å². The molecular formula is C13H18F2N2O2. The van der Waals surface area contributed by atoms with Gasteiger partial charge in [0, 0.05) is 13.0 Å². The number of nitrogens with two attached hydrogens (primary N) is 1. The Morgan fingerprint density at radius 3 is 2.58 bits per heavy atom. The highest BCUT2D eigenvalue weighted by molar-refractivity contribution is 5.76. The quantitative estimate of drug-likeness (QED) is 0.704. The zero-order chi connectivity index (χ0) is 14.1. The lowest BCUT2D eigenvalue weighted by Gasteiger charge is -2.17. The summed E-state index contributed by atoms with van der Waals surface area (Å²) >= 11 is 0. The minimum Gasteiger partial charge on any atom is -0.375 e. The van der Waals surface area contributed by atoms with Gasteiger partial charge in [0.05, 0.1) is 12.6 Å². The largest absolute Gasteiger partial charge is 0.375 e. The molecule has 0 aliphatic carbocycles. The standard InChI is InChI=1S/C13H18F2N2O2/c14-12(15)9-19-7-6-13(18)17-11(8-16)10-4-2-1-3-5-10/h1-5,11-12H,6-9,16H2,(H,17,18). The smallest absolute Gasteiger partial charge is 0.261 e. The second-order valence-electron chi connectivity index (χ2n) is 3.98. The predicted molar refractivity (Wildman–Crippen MR) is 67.8 cm³/mol. The predicted octanol–water partition coefficient (Wildman–Crippen LogP) is 1.47. The minimum atomic E-state index is -2.51. The van der Waals surface area contributed by atoms with Crippen LogP contribution in [0.2, 0.25) is 0 Å². The molecular weight excluding hydrogens is 254 g/mol. The molecule has 3 N–H and O–H groups in total. The average Bonchev–Trinajstić information content (AvgIpc) is 2.41. The Bertz CT molecular complexity index is 374. The number of benzene rings is 1. The van der Waals surface area contributed by atoms with Crippen LogP contribution in [0.4, 0.5) is 8.78 Å². The molecule has 0 radical (unpaired) electrons. The Kier molecular flexibility index (Phi) is 6.99. The van der Waals surface area contributed by atoms with Crippen molar-refractivity contribution in [1.82, 2.24) is 5.32 Å². The molecule has 1 amide bonds. The van der Waals surface area contributed by atoms with Gasteiger partial charge in [0.25, 0.3) is 6.43 Å². The van der Waals surface area contributed by atoms with Crippen molar-refractivity contribution in [3.63, 3.8) is 0 Å². The highest BCUT2D eigenvalue weighted by Crippen LogP contribution is 2.10. The van der Waals surface area contributed by atoms with Gasteiger partial charge >= 0.3 is 0 Å². The minimum absolute atomic E-state index is 0.0255. The number of hydrogen-bond acceptors (Lipinski definition) is 3.